The summed E-state index contributed by atoms with van der Waals surface area (Å²) in [5, 5.41) is 17.3. The fraction of sp³-hybridized carbons (Fsp3) is 0.462. The van der Waals surface area contributed by atoms with E-state index in [9.17, 15) is 9.90 Å². The van der Waals surface area contributed by atoms with Crippen LogP contribution in [0.1, 0.15) is 23.7 Å². The molecule has 0 saturated heterocycles. The SMILES string of the molecule is COCCC(C)Nc1c(C(=O)O)cnc2c1cnn2C. The van der Waals surface area contributed by atoms with Crippen LogP contribution in [-0.4, -0.2) is 45.6 Å². The molecule has 0 saturated carbocycles. The average Bonchev–Trinajstić information content (AvgIpc) is 2.78. The van der Waals surface area contributed by atoms with Crippen LogP contribution in [0, 0.1) is 0 Å². The summed E-state index contributed by atoms with van der Waals surface area (Å²) in [4.78, 5) is 15.5. The van der Waals surface area contributed by atoms with Gasteiger partial charge in [-0.3, -0.25) is 4.68 Å². The molecule has 0 aliphatic heterocycles. The Kier molecular flexibility index (Phi) is 4.19. The molecule has 2 aromatic rings. The molecule has 2 aromatic heterocycles. The van der Waals surface area contributed by atoms with E-state index in [4.69, 9.17) is 4.74 Å². The van der Waals surface area contributed by atoms with Gasteiger partial charge in [0.25, 0.3) is 0 Å². The van der Waals surface area contributed by atoms with Crippen LogP contribution >= 0.6 is 0 Å². The third-order valence-corrected chi connectivity index (χ3v) is 3.14. The molecule has 108 valence electrons. The number of carbonyl (C=O) groups is 1. The van der Waals surface area contributed by atoms with Gasteiger partial charge in [-0.2, -0.15) is 5.10 Å². The number of nitrogens with one attached hydrogen (secondary N) is 1. The molecule has 0 aliphatic rings. The molecule has 2 N–H and O–H groups in total. The number of pyridine rings is 1. The van der Waals surface area contributed by atoms with Gasteiger partial charge in [0, 0.05) is 33.0 Å². The van der Waals surface area contributed by atoms with E-state index in [1.165, 1.54) is 6.20 Å². The molecule has 0 spiro atoms. The molecule has 7 heteroatoms. The molecule has 0 aromatic carbocycles. The number of rotatable bonds is 6. The van der Waals surface area contributed by atoms with Crippen molar-refractivity contribution in [3.63, 3.8) is 0 Å². The highest BCUT2D eigenvalue weighted by molar-refractivity contribution is 6.03. The summed E-state index contributed by atoms with van der Waals surface area (Å²) in [5.41, 5.74) is 1.35. The molecule has 0 amide bonds. The summed E-state index contributed by atoms with van der Waals surface area (Å²) in [7, 11) is 3.41. The number of fused-ring (bicyclic) bond motifs is 1. The first-order valence-corrected chi connectivity index (χ1v) is 6.34. The van der Waals surface area contributed by atoms with Crippen LogP contribution in [-0.2, 0) is 11.8 Å². The summed E-state index contributed by atoms with van der Waals surface area (Å²) in [6, 6.07) is 0.0823. The normalized spacial score (nSPS) is 12.6. The summed E-state index contributed by atoms with van der Waals surface area (Å²) >= 11 is 0. The third-order valence-electron chi connectivity index (χ3n) is 3.14. The molecule has 7 nitrogen and oxygen atoms in total. The number of aryl methyl sites for hydroxylation is 1. The predicted molar refractivity (Wildman–Crippen MR) is 75.0 cm³/mol. The highest BCUT2D eigenvalue weighted by atomic mass is 16.5. The van der Waals surface area contributed by atoms with Crippen LogP contribution in [0.3, 0.4) is 0 Å². The number of aromatic nitrogens is 3. The molecule has 0 radical (unpaired) electrons. The first-order chi connectivity index (χ1) is 9.54. The molecule has 20 heavy (non-hydrogen) atoms. The zero-order valence-electron chi connectivity index (χ0n) is 11.8. The first kappa shape index (κ1) is 14.3. The standard InChI is InChI=1S/C13H18N4O3/c1-8(4-5-20-3)16-11-9-7-15-17(2)12(9)14-6-10(11)13(18)19/h6-8H,4-5H2,1-3H3,(H,14,16)(H,18,19). The van der Waals surface area contributed by atoms with Gasteiger partial charge in [0.15, 0.2) is 5.65 Å². The van der Waals surface area contributed by atoms with Crippen LogP contribution in [0.4, 0.5) is 5.69 Å². The van der Waals surface area contributed by atoms with Crippen molar-refractivity contribution in [2.24, 2.45) is 7.05 Å². The van der Waals surface area contributed by atoms with Crippen molar-refractivity contribution < 1.29 is 14.6 Å². The Bertz CT molecular complexity index is 623. The number of hydrogen-bond acceptors (Lipinski definition) is 5. The van der Waals surface area contributed by atoms with Crippen molar-refractivity contribution in [2.45, 2.75) is 19.4 Å². The maximum Gasteiger partial charge on any atom is 0.339 e. The van der Waals surface area contributed by atoms with E-state index in [2.05, 4.69) is 15.4 Å². The minimum absolute atomic E-state index is 0.0823. The van der Waals surface area contributed by atoms with Gasteiger partial charge in [-0.1, -0.05) is 0 Å². The van der Waals surface area contributed by atoms with Gasteiger partial charge in [-0.15, -0.1) is 0 Å². The topological polar surface area (TPSA) is 89.3 Å². The number of hydrogen-bond donors (Lipinski definition) is 2. The zero-order valence-corrected chi connectivity index (χ0v) is 11.8. The third kappa shape index (κ3) is 2.72. The van der Waals surface area contributed by atoms with Gasteiger partial charge >= 0.3 is 5.97 Å². The molecule has 0 fully saturated rings. The van der Waals surface area contributed by atoms with Gasteiger partial charge in [-0.25, -0.2) is 9.78 Å². The Balaban J connectivity index is 2.41. The number of aromatic carboxylic acids is 1. The van der Waals surface area contributed by atoms with Crippen molar-refractivity contribution in [2.75, 3.05) is 19.0 Å². The molecule has 0 bridgehead atoms. The fourth-order valence-corrected chi connectivity index (χ4v) is 2.03. The lowest BCUT2D eigenvalue weighted by Gasteiger charge is -2.17. The quantitative estimate of drug-likeness (QED) is 0.832. The zero-order chi connectivity index (χ0) is 14.7. The highest BCUT2D eigenvalue weighted by Gasteiger charge is 2.18. The Morgan fingerprint density at radius 3 is 2.95 bits per heavy atom. The number of anilines is 1. The lowest BCUT2D eigenvalue weighted by atomic mass is 10.1. The number of ether oxygens (including phenoxy) is 1. The summed E-state index contributed by atoms with van der Waals surface area (Å²) in [6.45, 7) is 2.59. The van der Waals surface area contributed by atoms with Gasteiger partial charge in [0.1, 0.15) is 5.56 Å². The van der Waals surface area contributed by atoms with Crippen molar-refractivity contribution in [1.82, 2.24) is 14.8 Å². The molecule has 1 unspecified atom stereocenters. The van der Waals surface area contributed by atoms with E-state index < -0.39 is 5.97 Å². The number of methoxy groups -OCH3 is 1. The van der Waals surface area contributed by atoms with Crippen molar-refractivity contribution in [3.05, 3.63) is 18.0 Å². The molecular weight excluding hydrogens is 260 g/mol. The van der Waals surface area contributed by atoms with Gasteiger partial charge in [-0.05, 0) is 13.3 Å². The monoisotopic (exact) mass is 278 g/mol. The highest BCUT2D eigenvalue weighted by Crippen LogP contribution is 2.26. The molecule has 2 rings (SSSR count). The maximum atomic E-state index is 11.3. The maximum absolute atomic E-state index is 11.3. The second-order valence-corrected chi connectivity index (χ2v) is 4.68. The van der Waals surface area contributed by atoms with E-state index >= 15 is 0 Å². The van der Waals surface area contributed by atoms with E-state index in [1.807, 2.05) is 6.92 Å². The van der Waals surface area contributed by atoms with Crippen LogP contribution in [0.15, 0.2) is 12.4 Å². The van der Waals surface area contributed by atoms with Crippen LogP contribution in [0.5, 0.6) is 0 Å². The van der Waals surface area contributed by atoms with Crippen molar-refractivity contribution in [3.8, 4) is 0 Å². The Morgan fingerprint density at radius 1 is 1.55 bits per heavy atom. The lowest BCUT2D eigenvalue weighted by Crippen LogP contribution is -2.19. The van der Waals surface area contributed by atoms with E-state index in [0.717, 1.165) is 6.42 Å². The van der Waals surface area contributed by atoms with Crippen LogP contribution < -0.4 is 5.32 Å². The molecule has 2 heterocycles. The van der Waals surface area contributed by atoms with E-state index in [0.29, 0.717) is 23.3 Å². The van der Waals surface area contributed by atoms with E-state index in [-0.39, 0.29) is 11.6 Å². The minimum Gasteiger partial charge on any atom is -0.478 e. The average molecular weight is 278 g/mol. The molecular formula is C13H18N4O3. The number of nitrogens with zero attached hydrogens (tertiary/aromatic N) is 3. The lowest BCUT2D eigenvalue weighted by molar-refractivity contribution is 0.0697. The predicted octanol–water partition coefficient (Wildman–Crippen LogP) is 1.50. The Morgan fingerprint density at radius 2 is 2.30 bits per heavy atom. The second-order valence-electron chi connectivity index (χ2n) is 4.68. The van der Waals surface area contributed by atoms with Crippen LogP contribution in [0.2, 0.25) is 0 Å². The van der Waals surface area contributed by atoms with Gasteiger partial charge in [0.05, 0.1) is 17.3 Å². The smallest absolute Gasteiger partial charge is 0.339 e. The summed E-state index contributed by atoms with van der Waals surface area (Å²) in [5.74, 6) is -1.01. The Hall–Kier alpha value is -2.15. The number of carboxylic acids is 1. The minimum atomic E-state index is -1.01. The summed E-state index contributed by atoms with van der Waals surface area (Å²) in [6.07, 6.45) is 3.76. The van der Waals surface area contributed by atoms with Gasteiger partial charge < -0.3 is 15.2 Å². The fourth-order valence-electron chi connectivity index (χ4n) is 2.03. The molecule has 1 atom stereocenters. The van der Waals surface area contributed by atoms with Crippen LogP contribution in [0.25, 0.3) is 11.0 Å². The van der Waals surface area contributed by atoms with Gasteiger partial charge in [0.2, 0.25) is 0 Å². The Labute approximate surface area is 116 Å². The van der Waals surface area contributed by atoms with Crippen molar-refractivity contribution >= 4 is 22.7 Å². The summed E-state index contributed by atoms with van der Waals surface area (Å²) < 4.78 is 6.65. The molecule has 0 aliphatic carbocycles. The van der Waals surface area contributed by atoms with E-state index in [1.54, 1.807) is 25.0 Å². The first-order valence-electron chi connectivity index (χ1n) is 6.34. The van der Waals surface area contributed by atoms with Crippen molar-refractivity contribution in [1.29, 1.82) is 0 Å². The second kappa shape index (κ2) is 5.87. The largest absolute Gasteiger partial charge is 0.478 e. The number of carboxylic acid groups (broad SMARTS) is 1.